The molecule has 2 saturated heterocycles. The Labute approximate surface area is 301 Å². The Balaban J connectivity index is 1.26. The van der Waals surface area contributed by atoms with Crippen molar-refractivity contribution in [3.63, 3.8) is 0 Å². The van der Waals surface area contributed by atoms with Crippen molar-refractivity contribution < 1.29 is 31.4 Å². The van der Waals surface area contributed by atoms with Gasteiger partial charge in [0, 0.05) is 35.7 Å². The zero-order valence-electron chi connectivity index (χ0n) is 29.4. The van der Waals surface area contributed by atoms with Gasteiger partial charge in [-0.1, -0.05) is 0 Å². The maximum Gasteiger partial charge on any atom is 0.417 e. The summed E-state index contributed by atoms with van der Waals surface area (Å²) < 4.78 is 88.9. The van der Waals surface area contributed by atoms with Gasteiger partial charge in [0.25, 0.3) is 0 Å². The summed E-state index contributed by atoms with van der Waals surface area (Å²) in [5, 5.41) is 6.77. The van der Waals surface area contributed by atoms with E-state index in [-0.39, 0.29) is 64.7 Å². The van der Waals surface area contributed by atoms with Crippen molar-refractivity contribution in [1.29, 1.82) is 0 Å². The van der Waals surface area contributed by atoms with Crippen LogP contribution < -0.4 is 20.1 Å². The third-order valence-electron chi connectivity index (χ3n) is 11.5. The van der Waals surface area contributed by atoms with Crippen molar-refractivity contribution in [2.75, 3.05) is 36.9 Å². The molecule has 278 valence electrons. The SMILES string of the molecule is Cc1cc2[nH]ncc2c(-c2nc3c4c(nc(OC[C@@]56CCCN5C[C@H](F)C6)nc4c2F)N([C@H](C)c2cc(C4CC4)cnc2N)[C@@H](C)CO3)c1C(F)(F)F. The number of ether oxygens (including phenoxy) is 2. The van der Waals surface area contributed by atoms with Gasteiger partial charge in [0.2, 0.25) is 5.88 Å². The Morgan fingerprint density at radius 1 is 1.17 bits per heavy atom. The van der Waals surface area contributed by atoms with Crippen LogP contribution in [0.5, 0.6) is 11.9 Å². The van der Waals surface area contributed by atoms with E-state index in [2.05, 4.69) is 30.0 Å². The number of H-pyrrole nitrogens is 1. The van der Waals surface area contributed by atoms with Crippen molar-refractivity contribution in [3.05, 3.63) is 52.6 Å². The van der Waals surface area contributed by atoms with E-state index < -0.39 is 52.6 Å². The van der Waals surface area contributed by atoms with Gasteiger partial charge in [-0.3, -0.25) is 10.00 Å². The van der Waals surface area contributed by atoms with Crippen LogP contribution in [0.25, 0.3) is 33.1 Å². The molecular weight excluding hydrogens is 697 g/mol. The molecule has 5 aromatic rings. The monoisotopic (exact) mass is 735 g/mol. The molecule has 4 aliphatic rings. The fourth-order valence-corrected chi connectivity index (χ4v) is 8.80. The zero-order valence-corrected chi connectivity index (χ0v) is 29.4. The summed E-state index contributed by atoms with van der Waals surface area (Å²) >= 11 is 0. The molecule has 1 aromatic carbocycles. The standard InChI is InChI=1S/C37H38F5N9O2/c1-17-9-25-24(13-45-49-25)26(28(17)37(40,41)42)30-29(39)31-27-33(48-35(47-31)53-16-36-7-4-8-50(36)14-22(38)11-36)51(18(2)15-52-34(27)46-30)19(3)23-10-21(20-5-6-20)12-44-32(23)43/h9-10,12-13,18-20,22H,4-8,11,14-16H2,1-3H3,(H2,43,44)(H,45,49)/t18-,19+,22+,36-/m0/s1. The van der Waals surface area contributed by atoms with Gasteiger partial charge < -0.3 is 20.1 Å². The number of pyridine rings is 2. The Morgan fingerprint density at radius 2 is 1.98 bits per heavy atom. The van der Waals surface area contributed by atoms with Crippen LogP contribution in [0.15, 0.2) is 24.5 Å². The molecule has 3 N–H and O–H groups in total. The number of nitrogen functional groups attached to an aromatic ring is 1. The first-order chi connectivity index (χ1) is 25.3. The zero-order chi connectivity index (χ0) is 37.0. The Morgan fingerprint density at radius 3 is 2.75 bits per heavy atom. The van der Waals surface area contributed by atoms with Crippen molar-refractivity contribution in [2.45, 2.75) is 88.8 Å². The summed E-state index contributed by atoms with van der Waals surface area (Å²) in [4.78, 5) is 22.4. The molecule has 4 aromatic heterocycles. The minimum atomic E-state index is -4.86. The largest absolute Gasteiger partial charge is 0.475 e. The number of hydrogen-bond donors (Lipinski definition) is 2. The number of aromatic nitrogens is 6. The molecule has 0 unspecified atom stereocenters. The maximum atomic E-state index is 17.3. The predicted molar refractivity (Wildman–Crippen MR) is 187 cm³/mol. The molecule has 0 bridgehead atoms. The average Bonchev–Trinajstić information content (AvgIpc) is 3.65. The average molecular weight is 736 g/mol. The minimum Gasteiger partial charge on any atom is -0.475 e. The van der Waals surface area contributed by atoms with Gasteiger partial charge in [-0.15, -0.1) is 0 Å². The highest BCUT2D eigenvalue weighted by Gasteiger charge is 2.49. The first-order valence-electron chi connectivity index (χ1n) is 18.0. The van der Waals surface area contributed by atoms with E-state index in [9.17, 15) is 17.6 Å². The molecule has 0 amide bonds. The van der Waals surface area contributed by atoms with Gasteiger partial charge in [-0.2, -0.15) is 28.2 Å². The van der Waals surface area contributed by atoms with Crippen molar-refractivity contribution in [2.24, 2.45) is 0 Å². The first-order valence-corrected chi connectivity index (χ1v) is 18.0. The fourth-order valence-electron chi connectivity index (χ4n) is 8.80. The number of hydrogen-bond acceptors (Lipinski definition) is 10. The summed E-state index contributed by atoms with van der Waals surface area (Å²) in [6.45, 7) is 6.25. The number of benzene rings is 1. The number of fused-ring (bicyclic) bond motifs is 2. The number of nitrogens with zero attached hydrogens (tertiary/aromatic N) is 7. The second kappa shape index (κ2) is 12.1. The lowest BCUT2D eigenvalue weighted by Gasteiger charge is -2.35. The molecule has 3 aliphatic heterocycles. The van der Waals surface area contributed by atoms with Crippen LogP contribution in [-0.4, -0.2) is 79.1 Å². The molecule has 4 atom stereocenters. The van der Waals surface area contributed by atoms with E-state index in [1.165, 1.54) is 19.2 Å². The van der Waals surface area contributed by atoms with E-state index in [4.69, 9.17) is 20.2 Å². The number of alkyl halides is 4. The lowest BCUT2D eigenvalue weighted by atomic mass is 9.94. The van der Waals surface area contributed by atoms with Crippen LogP contribution in [0.2, 0.25) is 0 Å². The summed E-state index contributed by atoms with van der Waals surface area (Å²) in [7, 11) is 0. The van der Waals surface area contributed by atoms with Crippen LogP contribution in [0, 0.1) is 12.7 Å². The maximum absolute atomic E-state index is 17.3. The third-order valence-corrected chi connectivity index (χ3v) is 11.5. The highest BCUT2D eigenvalue weighted by atomic mass is 19.4. The molecule has 1 aliphatic carbocycles. The predicted octanol–water partition coefficient (Wildman–Crippen LogP) is 7.19. The fraction of sp³-hybridized carbons (Fsp3) is 0.486. The Bertz CT molecular complexity index is 2280. The van der Waals surface area contributed by atoms with E-state index >= 15 is 4.39 Å². The van der Waals surface area contributed by atoms with E-state index in [1.807, 2.05) is 24.8 Å². The van der Waals surface area contributed by atoms with Gasteiger partial charge in [0.1, 0.15) is 47.6 Å². The van der Waals surface area contributed by atoms with Crippen molar-refractivity contribution in [3.8, 4) is 23.1 Å². The number of nitrogens with two attached hydrogens (primary N) is 1. The number of aryl methyl sites for hydroxylation is 1. The molecular formula is C37H38F5N9O2. The van der Waals surface area contributed by atoms with Crippen LogP contribution in [0.1, 0.15) is 80.2 Å². The number of anilines is 2. The van der Waals surface area contributed by atoms with Gasteiger partial charge in [0.05, 0.1) is 34.9 Å². The molecule has 7 heterocycles. The number of aromatic amines is 1. The van der Waals surface area contributed by atoms with Gasteiger partial charge in [-0.25, -0.2) is 18.7 Å². The normalized spacial score (nSPS) is 23.7. The second-order valence-electron chi connectivity index (χ2n) is 15.0. The smallest absolute Gasteiger partial charge is 0.417 e. The van der Waals surface area contributed by atoms with E-state index in [1.54, 1.807) is 6.20 Å². The van der Waals surface area contributed by atoms with E-state index in [0.29, 0.717) is 24.7 Å². The van der Waals surface area contributed by atoms with Gasteiger partial charge in [0.15, 0.2) is 5.82 Å². The minimum absolute atomic E-state index is 0.0245. The molecule has 11 nitrogen and oxygen atoms in total. The highest BCUT2D eigenvalue weighted by molar-refractivity contribution is 6.02. The van der Waals surface area contributed by atoms with Crippen molar-refractivity contribution in [1.82, 2.24) is 35.0 Å². The van der Waals surface area contributed by atoms with Crippen LogP contribution in [-0.2, 0) is 6.18 Å². The number of nitrogens with one attached hydrogen (secondary N) is 1. The molecule has 1 saturated carbocycles. The third kappa shape index (κ3) is 5.50. The Kier molecular flexibility index (Phi) is 7.74. The summed E-state index contributed by atoms with van der Waals surface area (Å²) in [5.74, 6) is -0.284. The summed E-state index contributed by atoms with van der Waals surface area (Å²) in [6, 6.07) is 2.27. The van der Waals surface area contributed by atoms with E-state index in [0.717, 1.165) is 36.9 Å². The molecule has 3 fully saturated rings. The van der Waals surface area contributed by atoms with Crippen molar-refractivity contribution >= 4 is 33.4 Å². The number of halogens is 5. The van der Waals surface area contributed by atoms with Crippen LogP contribution in [0.4, 0.5) is 33.6 Å². The highest BCUT2D eigenvalue weighted by Crippen LogP contribution is 2.49. The quantitative estimate of drug-likeness (QED) is 0.166. The molecule has 53 heavy (non-hydrogen) atoms. The van der Waals surface area contributed by atoms with Crippen LogP contribution in [0.3, 0.4) is 0 Å². The second-order valence-corrected chi connectivity index (χ2v) is 15.0. The van der Waals surface area contributed by atoms with Gasteiger partial charge in [-0.05, 0) is 82.2 Å². The lowest BCUT2D eigenvalue weighted by Crippen LogP contribution is -2.43. The van der Waals surface area contributed by atoms with Gasteiger partial charge >= 0.3 is 12.2 Å². The molecule has 0 spiro atoms. The summed E-state index contributed by atoms with van der Waals surface area (Å²) in [5.41, 5.74) is 5.41. The summed E-state index contributed by atoms with van der Waals surface area (Å²) in [6.07, 6.45) is 1.14. The van der Waals surface area contributed by atoms with Crippen LogP contribution >= 0.6 is 0 Å². The Hall–Kier alpha value is -4.86. The lowest BCUT2D eigenvalue weighted by molar-refractivity contribution is -0.137. The number of rotatable bonds is 7. The topological polar surface area (TPSA) is 131 Å². The molecule has 16 heteroatoms. The molecule has 0 radical (unpaired) electrons. The first kappa shape index (κ1) is 33.9. The molecule has 9 rings (SSSR count).